The van der Waals surface area contributed by atoms with E-state index in [0.29, 0.717) is 8.34 Å². The van der Waals surface area contributed by atoms with E-state index in [0.717, 1.165) is 0 Å². The molecule has 0 aromatic carbocycles. The van der Waals surface area contributed by atoms with Crippen molar-refractivity contribution < 1.29 is 14.4 Å². The maximum Gasteiger partial charge on any atom is 0.459 e. The Kier molecular flexibility index (Phi) is 2.14. The number of amides is 5. The predicted molar refractivity (Wildman–Crippen MR) is 54.2 cm³/mol. The monoisotopic (exact) mass is 305 g/mol. The van der Waals surface area contributed by atoms with Crippen molar-refractivity contribution in [2.45, 2.75) is 5.79 Å². The number of aliphatic imine (C=N–C) groups is 1. The zero-order valence-electron chi connectivity index (χ0n) is 7.27. The van der Waals surface area contributed by atoms with Gasteiger partial charge in [-0.25, -0.2) is 21.5 Å². The van der Waals surface area contributed by atoms with Crippen LogP contribution in [-0.2, 0) is 4.79 Å². The van der Waals surface area contributed by atoms with Gasteiger partial charge >= 0.3 is 17.8 Å². The van der Waals surface area contributed by atoms with E-state index in [9.17, 15) is 14.4 Å². The normalized spacial score (nSPS) is 28.6. The van der Waals surface area contributed by atoms with Crippen LogP contribution in [0, 0.1) is 6.57 Å². The average Bonchev–Trinajstić information content (AvgIpc) is 2.62. The van der Waals surface area contributed by atoms with Crippen LogP contribution < -0.4 is 5.32 Å². The molecule has 2 aliphatic rings. The van der Waals surface area contributed by atoms with Gasteiger partial charge in [-0.2, -0.15) is 8.92 Å². The third-order valence-electron chi connectivity index (χ3n) is 1.99. The third-order valence-corrected chi connectivity index (χ3v) is 3.00. The van der Waals surface area contributed by atoms with E-state index in [-0.39, 0.29) is 0 Å². The van der Waals surface area contributed by atoms with E-state index in [1.165, 1.54) is 0 Å². The predicted octanol–water partition coefficient (Wildman–Crippen LogP) is 0.452. The van der Waals surface area contributed by atoms with Gasteiger partial charge in [-0.15, -0.1) is 4.42 Å². The van der Waals surface area contributed by atoms with Crippen molar-refractivity contribution in [1.29, 1.82) is 0 Å². The number of carbonyl (C=O) groups excluding carboxylic acids is 3. The van der Waals surface area contributed by atoms with Gasteiger partial charge in [0.25, 0.3) is 5.91 Å². The van der Waals surface area contributed by atoms with E-state index >= 15 is 0 Å². The zero-order valence-corrected chi connectivity index (χ0v) is 9.61. The van der Waals surface area contributed by atoms with Gasteiger partial charge in [-0.1, -0.05) is 0 Å². The molecule has 2 rings (SSSR count). The summed E-state index contributed by atoms with van der Waals surface area (Å²) in [5.74, 6) is -2.95. The van der Waals surface area contributed by atoms with Crippen molar-refractivity contribution in [2.75, 3.05) is 0 Å². The Balaban J connectivity index is 2.62. The number of urea groups is 2. The summed E-state index contributed by atoms with van der Waals surface area (Å²) in [4.78, 5) is 40.4. The number of nitrogens with zero attached hydrogens (tertiary/aromatic N) is 4. The molecule has 1 atom stereocenters. The smallest absolute Gasteiger partial charge is 0.266 e. The molecular weight excluding hydrogens is 305 g/mol. The van der Waals surface area contributed by atoms with Crippen LogP contribution >= 0.6 is 27.9 Å². The summed E-state index contributed by atoms with van der Waals surface area (Å²) in [5.41, 5.74) is -0.445. The van der Waals surface area contributed by atoms with Crippen LogP contribution in [0.15, 0.2) is 4.99 Å². The lowest BCUT2D eigenvalue weighted by Gasteiger charge is -2.31. The molecule has 16 heavy (non-hydrogen) atoms. The summed E-state index contributed by atoms with van der Waals surface area (Å²) in [5, 5.41) is 2.06. The van der Waals surface area contributed by atoms with Gasteiger partial charge in [0.1, 0.15) is 0 Å². The van der Waals surface area contributed by atoms with Crippen molar-refractivity contribution >= 4 is 51.6 Å². The molecule has 8 nitrogen and oxygen atoms in total. The quantitative estimate of drug-likeness (QED) is 0.521. The van der Waals surface area contributed by atoms with E-state index in [1.807, 2.05) is 0 Å². The van der Waals surface area contributed by atoms with Crippen molar-refractivity contribution in [1.82, 2.24) is 13.7 Å². The van der Waals surface area contributed by atoms with Gasteiger partial charge in [0, 0.05) is 11.8 Å². The number of nitrogens with one attached hydrogen (secondary N) is 1. The first-order valence-electron chi connectivity index (χ1n) is 3.74. The van der Waals surface area contributed by atoms with Crippen LogP contribution in [0.4, 0.5) is 9.59 Å². The summed E-state index contributed by atoms with van der Waals surface area (Å²) in [7, 11) is 0. The van der Waals surface area contributed by atoms with Gasteiger partial charge in [-0.3, -0.25) is 9.64 Å². The summed E-state index contributed by atoms with van der Waals surface area (Å²) >= 11 is 8.26. The molecule has 10 heteroatoms. The minimum atomic E-state index is -2.04. The standard InChI is InChI=1S/C6HBrClN5O3/c1-9-6-2(10-4(15)11-6)3(14)12(7)5(16)13(6)8/h(H,11,15). The second-order valence-electron chi connectivity index (χ2n) is 2.82. The lowest BCUT2D eigenvalue weighted by Crippen LogP contribution is -2.66. The molecule has 1 N–H and O–H groups in total. The lowest BCUT2D eigenvalue weighted by molar-refractivity contribution is -0.118. The highest BCUT2D eigenvalue weighted by Gasteiger charge is 2.65. The molecule has 0 aromatic rings. The van der Waals surface area contributed by atoms with Gasteiger partial charge in [0.15, 0.2) is 0 Å². The third kappa shape index (κ3) is 1.08. The highest BCUT2D eigenvalue weighted by molar-refractivity contribution is 9.08. The molecule has 2 aliphatic heterocycles. The Bertz CT molecular complexity index is 499. The van der Waals surface area contributed by atoms with Crippen LogP contribution in [0.1, 0.15) is 0 Å². The number of carbonyl (C=O) groups is 3. The Morgan fingerprint density at radius 3 is 2.69 bits per heavy atom. The molecule has 0 radical (unpaired) electrons. The van der Waals surface area contributed by atoms with Gasteiger partial charge in [0.2, 0.25) is 5.71 Å². The summed E-state index contributed by atoms with van der Waals surface area (Å²) in [6.07, 6.45) is 0. The molecule has 0 aromatic heterocycles. The molecule has 0 spiro atoms. The highest BCUT2D eigenvalue weighted by atomic mass is 79.9. The molecule has 0 aliphatic carbocycles. The second kappa shape index (κ2) is 3.16. The Labute approximate surface area is 102 Å². The SMILES string of the molecule is [C-]#[N+]C12NC(=O)N=C1C(=O)N(Br)C(=O)N2Cl. The zero-order chi connectivity index (χ0) is 12.1. The van der Waals surface area contributed by atoms with Crippen molar-refractivity contribution in [3.8, 4) is 0 Å². The Morgan fingerprint density at radius 2 is 2.12 bits per heavy atom. The summed E-state index contributed by atoms with van der Waals surface area (Å²) < 4.78 is 0.891. The first-order chi connectivity index (χ1) is 7.44. The second-order valence-corrected chi connectivity index (χ2v) is 3.87. The number of rotatable bonds is 0. The number of halogens is 2. The lowest BCUT2D eigenvalue weighted by atomic mass is 10.1. The van der Waals surface area contributed by atoms with Crippen molar-refractivity contribution in [2.24, 2.45) is 4.99 Å². The molecule has 82 valence electrons. The molecule has 1 saturated heterocycles. The van der Waals surface area contributed by atoms with E-state index < -0.39 is 29.5 Å². The van der Waals surface area contributed by atoms with Crippen LogP contribution in [-0.4, -0.2) is 37.8 Å². The van der Waals surface area contributed by atoms with Gasteiger partial charge < -0.3 is 0 Å². The number of hydrogen-bond acceptors (Lipinski definition) is 3. The van der Waals surface area contributed by atoms with Crippen LogP contribution in [0.5, 0.6) is 0 Å². The van der Waals surface area contributed by atoms with Crippen molar-refractivity contribution in [3.05, 3.63) is 11.4 Å². The number of fused-ring (bicyclic) bond motifs is 1. The topological polar surface area (TPSA) is 86.4 Å². The largest absolute Gasteiger partial charge is 0.459 e. The Morgan fingerprint density at radius 1 is 1.50 bits per heavy atom. The maximum absolute atomic E-state index is 11.6. The van der Waals surface area contributed by atoms with Crippen LogP contribution in [0.2, 0.25) is 0 Å². The molecule has 5 amide bonds. The molecule has 1 fully saturated rings. The number of imide groups is 1. The first kappa shape index (κ1) is 10.8. The fraction of sp³-hybridized carbons (Fsp3) is 0.167. The van der Waals surface area contributed by atoms with E-state index in [4.69, 9.17) is 18.3 Å². The number of hydrogen-bond donors (Lipinski definition) is 1. The maximum atomic E-state index is 11.6. The van der Waals surface area contributed by atoms with Crippen LogP contribution in [0.3, 0.4) is 0 Å². The molecule has 1 unspecified atom stereocenters. The first-order valence-corrected chi connectivity index (χ1v) is 4.79. The molecule has 2 heterocycles. The van der Waals surface area contributed by atoms with Crippen molar-refractivity contribution in [3.63, 3.8) is 0 Å². The highest BCUT2D eigenvalue weighted by Crippen LogP contribution is 2.31. The molecular formula is C6HBrClN5O3. The summed E-state index contributed by atoms with van der Waals surface area (Å²) in [6.45, 7) is 6.95. The van der Waals surface area contributed by atoms with Gasteiger partial charge in [0.05, 0.1) is 16.1 Å². The fourth-order valence-corrected chi connectivity index (χ4v) is 1.93. The van der Waals surface area contributed by atoms with Gasteiger partial charge in [-0.05, 0) is 0 Å². The molecule has 0 saturated carbocycles. The fourth-order valence-electron chi connectivity index (χ4n) is 1.27. The molecule has 0 bridgehead atoms. The van der Waals surface area contributed by atoms with E-state index in [2.05, 4.69) is 31.3 Å². The summed E-state index contributed by atoms with van der Waals surface area (Å²) in [6, 6.07) is -1.88. The Hall–Kier alpha value is -1.66. The minimum Gasteiger partial charge on any atom is -0.266 e. The average molecular weight is 306 g/mol. The van der Waals surface area contributed by atoms with E-state index in [1.54, 1.807) is 0 Å². The van der Waals surface area contributed by atoms with Crippen LogP contribution in [0.25, 0.3) is 4.85 Å². The minimum absolute atomic E-state index is 0.403.